The number of benzene rings is 2. The van der Waals surface area contributed by atoms with Gasteiger partial charge in [0, 0.05) is 104 Å². The smallest absolute Gasteiger partial charge is 0.219 e. The largest absolute Gasteiger partial charge is 0.481 e. The minimum Gasteiger partial charge on any atom is -0.481 e. The number of fused-ring (bicyclic) bond motifs is 2. The van der Waals surface area contributed by atoms with Crippen molar-refractivity contribution in [1.29, 1.82) is 0 Å². The van der Waals surface area contributed by atoms with Crippen LogP contribution in [0.15, 0.2) is 48.5 Å². The summed E-state index contributed by atoms with van der Waals surface area (Å²) in [5.41, 5.74) is 10.0. The van der Waals surface area contributed by atoms with Crippen molar-refractivity contribution in [3.05, 3.63) is 80.8 Å². The van der Waals surface area contributed by atoms with Gasteiger partial charge in [0.25, 0.3) is 0 Å². The van der Waals surface area contributed by atoms with E-state index < -0.39 is 0 Å². The Balaban J connectivity index is 1.00. The molecule has 1 spiro atoms. The molecule has 0 saturated carbocycles. The molecule has 2 atom stereocenters. The number of carbonyl (C=O) groups is 1. The van der Waals surface area contributed by atoms with Gasteiger partial charge in [-0.1, -0.05) is 59.6 Å². The highest BCUT2D eigenvalue weighted by Crippen LogP contribution is 2.51. The molecule has 0 bridgehead atoms. The number of halogens is 2. The van der Waals surface area contributed by atoms with Crippen LogP contribution in [0, 0.1) is 5.41 Å². The Morgan fingerprint density at radius 2 is 1.21 bits per heavy atom. The van der Waals surface area contributed by atoms with Gasteiger partial charge in [0.15, 0.2) is 0 Å². The molecule has 0 N–H and O–H groups in total. The number of aromatic nitrogens is 2. The molecule has 1 amide bonds. The lowest BCUT2D eigenvalue weighted by Gasteiger charge is -2.61. The standard InChI is InChI=1S/C41H43Cl2N5O4/c1-23(49)47-19-41(20-47)21-48(22-41)34-14-12-25-16-32(45-40(52-4)36(25)34)30-10-6-8-28(38(30)43)27-7-5-9-29(37(27)42)31-15-24-11-13-33(35(24)39(44-31)51-3)46-17-26(18-46)50-2/h5-10,15-16,26,33-34H,11-14,17-22H2,1-4H3. The van der Waals surface area contributed by atoms with E-state index in [9.17, 15) is 4.79 Å². The van der Waals surface area contributed by atoms with E-state index in [1.807, 2.05) is 41.3 Å². The summed E-state index contributed by atoms with van der Waals surface area (Å²) >= 11 is 14.5. The quantitative estimate of drug-likeness (QED) is 0.187. The number of nitrogens with zero attached hydrogens (tertiary/aromatic N) is 5. The van der Waals surface area contributed by atoms with Crippen LogP contribution in [-0.2, 0) is 22.4 Å². The number of amides is 1. The molecule has 3 aliphatic heterocycles. The fourth-order valence-electron chi connectivity index (χ4n) is 9.45. The first-order chi connectivity index (χ1) is 25.2. The molecular formula is C41H43Cl2N5O4. The van der Waals surface area contributed by atoms with Crippen molar-refractivity contribution in [3.8, 4) is 45.4 Å². The summed E-state index contributed by atoms with van der Waals surface area (Å²) < 4.78 is 17.4. The van der Waals surface area contributed by atoms with E-state index in [4.69, 9.17) is 47.4 Å². The summed E-state index contributed by atoms with van der Waals surface area (Å²) in [6.07, 6.45) is 4.26. The molecule has 270 valence electrons. The normalized spacial score (nSPS) is 22.1. The van der Waals surface area contributed by atoms with Crippen LogP contribution in [0.25, 0.3) is 33.6 Å². The van der Waals surface area contributed by atoms with Gasteiger partial charge in [0.2, 0.25) is 17.7 Å². The number of methoxy groups -OCH3 is 3. The Bertz CT molecular complexity index is 2090. The van der Waals surface area contributed by atoms with E-state index in [0.29, 0.717) is 27.9 Å². The second-order valence-electron chi connectivity index (χ2n) is 15.2. The second-order valence-corrected chi connectivity index (χ2v) is 16.0. The topological polar surface area (TPSA) is 80.3 Å². The van der Waals surface area contributed by atoms with Crippen molar-refractivity contribution in [2.45, 2.75) is 50.8 Å². The van der Waals surface area contributed by atoms with Crippen molar-refractivity contribution in [2.75, 3.05) is 60.6 Å². The van der Waals surface area contributed by atoms with Crippen molar-refractivity contribution < 1.29 is 19.0 Å². The minimum atomic E-state index is 0.167. The summed E-state index contributed by atoms with van der Waals surface area (Å²) in [6.45, 7) is 7.24. The highest BCUT2D eigenvalue weighted by Gasteiger charge is 2.55. The lowest BCUT2D eigenvalue weighted by atomic mass is 9.72. The fraction of sp³-hybridized carbons (Fsp3) is 0.439. The van der Waals surface area contributed by atoms with Crippen LogP contribution in [0.5, 0.6) is 11.8 Å². The Morgan fingerprint density at radius 3 is 1.67 bits per heavy atom. The van der Waals surface area contributed by atoms with Crippen molar-refractivity contribution in [2.24, 2.45) is 5.41 Å². The van der Waals surface area contributed by atoms with Crippen LogP contribution in [0.1, 0.15) is 54.1 Å². The van der Waals surface area contributed by atoms with Crippen LogP contribution >= 0.6 is 23.2 Å². The average molecular weight is 741 g/mol. The predicted molar refractivity (Wildman–Crippen MR) is 202 cm³/mol. The zero-order valence-electron chi connectivity index (χ0n) is 30.0. The van der Waals surface area contributed by atoms with Gasteiger partial charge in [0.1, 0.15) is 0 Å². The number of hydrogen-bond donors (Lipinski definition) is 0. The fourth-order valence-corrected chi connectivity index (χ4v) is 10.1. The van der Waals surface area contributed by atoms with Gasteiger partial charge >= 0.3 is 0 Å². The van der Waals surface area contributed by atoms with Crippen LogP contribution in [0.2, 0.25) is 10.0 Å². The van der Waals surface area contributed by atoms with E-state index in [1.54, 1.807) is 28.3 Å². The maximum absolute atomic E-state index is 11.8. The lowest BCUT2D eigenvalue weighted by molar-refractivity contribution is -0.161. The van der Waals surface area contributed by atoms with Crippen molar-refractivity contribution in [3.63, 3.8) is 0 Å². The van der Waals surface area contributed by atoms with Crippen molar-refractivity contribution in [1.82, 2.24) is 24.7 Å². The maximum atomic E-state index is 11.8. The summed E-state index contributed by atoms with van der Waals surface area (Å²) in [6, 6.07) is 17.0. The molecule has 2 unspecified atom stereocenters. The van der Waals surface area contributed by atoms with E-state index >= 15 is 0 Å². The molecule has 9 nitrogen and oxygen atoms in total. The van der Waals surface area contributed by atoms with Gasteiger partial charge in [-0.2, -0.15) is 0 Å². The second kappa shape index (κ2) is 13.0. The highest BCUT2D eigenvalue weighted by atomic mass is 35.5. The molecule has 5 heterocycles. The number of aryl methyl sites for hydroxylation is 2. The first-order valence-corrected chi connectivity index (χ1v) is 19.0. The number of pyridine rings is 2. The number of ether oxygens (including phenoxy) is 3. The third kappa shape index (κ3) is 5.42. The van der Waals surface area contributed by atoms with E-state index in [0.717, 1.165) is 98.6 Å². The first kappa shape index (κ1) is 34.1. The van der Waals surface area contributed by atoms with Gasteiger partial charge < -0.3 is 19.1 Å². The van der Waals surface area contributed by atoms with Gasteiger partial charge in [-0.05, 0) is 48.9 Å². The van der Waals surface area contributed by atoms with E-state index in [2.05, 4.69) is 21.9 Å². The van der Waals surface area contributed by atoms with Gasteiger partial charge in [-0.15, -0.1) is 0 Å². The number of likely N-dealkylation sites (tertiary alicyclic amines) is 3. The summed E-state index contributed by atoms with van der Waals surface area (Å²) in [7, 11) is 5.17. The Morgan fingerprint density at radius 1 is 0.731 bits per heavy atom. The van der Waals surface area contributed by atoms with Crippen LogP contribution in [0.3, 0.4) is 0 Å². The molecule has 5 aliphatic rings. The van der Waals surface area contributed by atoms with Crippen LogP contribution in [-0.4, -0.2) is 97.3 Å². The number of carbonyl (C=O) groups excluding carboxylic acids is 1. The zero-order chi connectivity index (χ0) is 35.9. The zero-order valence-corrected chi connectivity index (χ0v) is 31.6. The third-order valence-corrected chi connectivity index (χ3v) is 13.0. The van der Waals surface area contributed by atoms with Crippen LogP contribution < -0.4 is 9.47 Å². The van der Waals surface area contributed by atoms with E-state index in [1.165, 1.54) is 22.3 Å². The maximum Gasteiger partial charge on any atom is 0.219 e. The Labute approximate surface area is 314 Å². The van der Waals surface area contributed by atoms with Crippen LogP contribution in [0.4, 0.5) is 0 Å². The molecule has 11 heteroatoms. The van der Waals surface area contributed by atoms with Gasteiger partial charge in [0.05, 0.1) is 41.8 Å². The number of rotatable bonds is 8. The predicted octanol–water partition coefficient (Wildman–Crippen LogP) is 7.27. The molecule has 9 rings (SSSR count). The summed E-state index contributed by atoms with van der Waals surface area (Å²) in [4.78, 5) is 28.8. The molecule has 2 aromatic heterocycles. The molecule has 3 fully saturated rings. The van der Waals surface area contributed by atoms with E-state index in [-0.39, 0.29) is 23.4 Å². The highest BCUT2D eigenvalue weighted by molar-refractivity contribution is 6.39. The molecular weight excluding hydrogens is 697 g/mol. The van der Waals surface area contributed by atoms with Crippen molar-refractivity contribution >= 4 is 29.1 Å². The number of hydrogen-bond acceptors (Lipinski definition) is 8. The first-order valence-electron chi connectivity index (χ1n) is 18.2. The lowest BCUT2D eigenvalue weighted by Crippen LogP contribution is -2.72. The molecule has 3 saturated heterocycles. The molecule has 0 radical (unpaired) electrons. The molecule has 2 aliphatic carbocycles. The Kier molecular flexibility index (Phi) is 8.51. The monoisotopic (exact) mass is 739 g/mol. The Hall–Kier alpha value is -3.73. The average Bonchev–Trinajstić information content (AvgIpc) is 3.71. The summed E-state index contributed by atoms with van der Waals surface area (Å²) in [5, 5.41) is 1.17. The summed E-state index contributed by atoms with van der Waals surface area (Å²) in [5.74, 6) is 1.48. The SMILES string of the molecule is COc1nc(-c2cccc(-c3cccc(-c4cc5c(c(OC)n4)C(N4CC6(CN(C(C)=O)C6)C4)CC5)c3Cl)c2Cl)cc2c1C(N1CC(OC)C1)CC2. The minimum absolute atomic E-state index is 0.167. The third-order valence-electron chi connectivity index (χ3n) is 12.2. The van der Waals surface area contributed by atoms with Gasteiger partial charge in [-0.25, -0.2) is 9.97 Å². The molecule has 4 aromatic rings. The molecule has 2 aromatic carbocycles. The molecule has 52 heavy (non-hydrogen) atoms. The van der Waals surface area contributed by atoms with Gasteiger partial charge in [-0.3, -0.25) is 14.6 Å².